The predicted octanol–water partition coefficient (Wildman–Crippen LogP) is 3.29. The van der Waals surface area contributed by atoms with Gasteiger partial charge in [-0.3, -0.25) is 0 Å². The van der Waals surface area contributed by atoms with Crippen molar-refractivity contribution in [3.05, 3.63) is 29.3 Å². The molecule has 3 heterocycles. The Morgan fingerprint density at radius 2 is 2.18 bits per heavy atom. The number of tetrazole rings is 1. The molecule has 3 aromatic rings. The predicted molar refractivity (Wildman–Crippen MR) is 107 cm³/mol. The number of hydrogen-bond donors (Lipinski definition) is 0. The molecule has 0 aliphatic carbocycles. The molecule has 1 aromatic carbocycles. The SMILES string of the molecule is COc1ccc(-c2nc(CSc3nnnn3C[C@H]3CCCO3)cs2)cc1OC. The normalized spacial score (nSPS) is 16.4. The number of ether oxygens (including phenoxy) is 3. The van der Waals surface area contributed by atoms with E-state index in [0.29, 0.717) is 23.8 Å². The van der Waals surface area contributed by atoms with Gasteiger partial charge in [0.1, 0.15) is 5.01 Å². The van der Waals surface area contributed by atoms with Gasteiger partial charge in [0, 0.05) is 23.3 Å². The Bertz CT molecular complexity index is 924. The van der Waals surface area contributed by atoms with Crippen LogP contribution in [0, 0.1) is 0 Å². The number of aromatic nitrogens is 5. The molecule has 2 aromatic heterocycles. The molecule has 148 valence electrons. The molecule has 8 nitrogen and oxygen atoms in total. The summed E-state index contributed by atoms with van der Waals surface area (Å²) in [6.45, 7) is 1.52. The fourth-order valence-corrected chi connectivity index (χ4v) is 4.71. The van der Waals surface area contributed by atoms with E-state index in [9.17, 15) is 0 Å². The Labute approximate surface area is 171 Å². The first-order valence-electron chi connectivity index (χ1n) is 8.94. The molecule has 0 spiro atoms. The van der Waals surface area contributed by atoms with Gasteiger partial charge >= 0.3 is 0 Å². The summed E-state index contributed by atoms with van der Waals surface area (Å²) in [5, 5.41) is 15.8. The fraction of sp³-hybridized carbons (Fsp3) is 0.444. The van der Waals surface area contributed by atoms with Crippen molar-refractivity contribution in [2.75, 3.05) is 20.8 Å². The fourth-order valence-electron chi connectivity index (χ4n) is 3.01. The highest BCUT2D eigenvalue weighted by Gasteiger charge is 2.19. The zero-order valence-corrected chi connectivity index (χ0v) is 17.3. The third kappa shape index (κ3) is 4.29. The molecule has 0 unspecified atom stereocenters. The molecule has 0 amide bonds. The van der Waals surface area contributed by atoms with E-state index in [-0.39, 0.29) is 6.10 Å². The summed E-state index contributed by atoms with van der Waals surface area (Å²) in [5.41, 5.74) is 1.99. The molecule has 28 heavy (non-hydrogen) atoms. The zero-order chi connectivity index (χ0) is 19.3. The lowest BCUT2D eigenvalue weighted by atomic mass is 10.2. The van der Waals surface area contributed by atoms with E-state index in [0.717, 1.165) is 40.9 Å². The van der Waals surface area contributed by atoms with Crippen LogP contribution in [0.2, 0.25) is 0 Å². The molecule has 4 rings (SSSR count). The number of nitrogens with zero attached hydrogens (tertiary/aromatic N) is 5. The highest BCUT2D eigenvalue weighted by molar-refractivity contribution is 7.98. The first kappa shape index (κ1) is 19.2. The summed E-state index contributed by atoms with van der Waals surface area (Å²) in [6, 6.07) is 5.82. The van der Waals surface area contributed by atoms with Crippen LogP contribution in [0.4, 0.5) is 0 Å². The van der Waals surface area contributed by atoms with E-state index in [4.69, 9.17) is 19.2 Å². The molecule has 0 radical (unpaired) electrons. The van der Waals surface area contributed by atoms with Crippen molar-refractivity contribution in [1.82, 2.24) is 25.2 Å². The van der Waals surface area contributed by atoms with Gasteiger partial charge in [-0.05, 0) is 41.5 Å². The minimum absolute atomic E-state index is 0.207. The van der Waals surface area contributed by atoms with Gasteiger partial charge in [-0.2, -0.15) is 0 Å². The van der Waals surface area contributed by atoms with Crippen molar-refractivity contribution in [2.24, 2.45) is 0 Å². The molecule has 1 aliphatic heterocycles. The largest absolute Gasteiger partial charge is 0.493 e. The second-order valence-corrected chi connectivity index (χ2v) is 8.08. The Balaban J connectivity index is 1.41. The third-order valence-corrected chi connectivity index (χ3v) is 6.36. The lowest BCUT2D eigenvalue weighted by molar-refractivity contribution is 0.0912. The number of thioether (sulfide) groups is 1. The first-order chi connectivity index (χ1) is 13.8. The van der Waals surface area contributed by atoms with Crippen LogP contribution in [0.15, 0.2) is 28.7 Å². The van der Waals surface area contributed by atoms with Crippen LogP contribution in [-0.2, 0) is 17.0 Å². The molecule has 0 bridgehead atoms. The van der Waals surface area contributed by atoms with Gasteiger partial charge in [0.2, 0.25) is 5.16 Å². The molecule has 0 saturated carbocycles. The van der Waals surface area contributed by atoms with Gasteiger partial charge in [0.05, 0.1) is 32.6 Å². The molecular formula is C18H21N5O3S2. The molecule has 1 saturated heterocycles. The van der Waals surface area contributed by atoms with Crippen molar-refractivity contribution >= 4 is 23.1 Å². The quantitative estimate of drug-likeness (QED) is 0.514. The number of benzene rings is 1. The summed E-state index contributed by atoms with van der Waals surface area (Å²) in [6.07, 6.45) is 2.37. The van der Waals surface area contributed by atoms with Crippen LogP contribution in [0.3, 0.4) is 0 Å². The monoisotopic (exact) mass is 419 g/mol. The van der Waals surface area contributed by atoms with Gasteiger partial charge in [-0.1, -0.05) is 11.8 Å². The molecular weight excluding hydrogens is 398 g/mol. The van der Waals surface area contributed by atoms with Gasteiger partial charge in [-0.15, -0.1) is 16.4 Å². The average molecular weight is 420 g/mol. The lowest BCUT2D eigenvalue weighted by Crippen LogP contribution is -2.16. The van der Waals surface area contributed by atoms with Gasteiger partial charge in [-0.25, -0.2) is 9.67 Å². The Morgan fingerprint density at radius 1 is 1.29 bits per heavy atom. The van der Waals surface area contributed by atoms with Crippen molar-refractivity contribution in [1.29, 1.82) is 0 Å². The van der Waals surface area contributed by atoms with E-state index in [1.54, 1.807) is 37.3 Å². The number of hydrogen-bond acceptors (Lipinski definition) is 9. The third-order valence-electron chi connectivity index (χ3n) is 4.43. The highest BCUT2D eigenvalue weighted by atomic mass is 32.2. The van der Waals surface area contributed by atoms with E-state index < -0.39 is 0 Å². The maximum atomic E-state index is 5.68. The minimum atomic E-state index is 0.207. The number of rotatable bonds is 8. The highest BCUT2D eigenvalue weighted by Crippen LogP contribution is 2.34. The van der Waals surface area contributed by atoms with Crippen molar-refractivity contribution in [3.63, 3.8) is 0 Å². The molecule has 1 aliphatic rings. The van der Waals surface area contributed by atoms with Gasteiger partial charge in [0.25, 0.3) is 0 Å². The summed E-state index contributed by atoms with van der Waals surface area (Å²) in [5.74, 6) is 2.10. The van der Waals surface area contributed by atoms with Crippen LogP contribution >= 0.6 is 23.1 Å². The van der Waals surface area contributed by atoms with Crippen LogP contribution in [0.25, 0.3) is 10.6 Å². The molecule has 10 heteroatoms. The van der Waals surface area contributed by atoms with Gasteiger partial charge < -0.3 is 14.2 Å². The van der Waals surface area contributed by atoms with E-state index in [1.807, 2.05) is 22.9 Å². The van der Waals surface area contributed by atoms with Crippen LogP contribution in [0.5, 0.6) is 11.5 Å². The smallest absolute Gasteiger partial charge is 0.209 e. The first-order valence-corrected chi connectivity index (χ1v) is 10.8. The average Bonchev–Trinajstić information content (AvgIpc) is 3.48. The van der Waals surface area contributed by atoms with Crippen molar-refractivity contribution in [3.8, 4) is 22.1 Å². The second-order valence-electron chi connectivity index (χ2n) is 6.28. The molecule has 1 atom stereocenters. The maximum Gasteiger partial charge on any atom is 0.209 e. The van der Waals surface area contributed by atoms with Crippen LogP contribution in [0.1, 0.15) is 18.5 Å². The number of thiazole rings is 1. The van der Waals surface area contributed by atoms with E-state index in [1.165, 1.54) is 0 Å². The van der Waals surface area contributed by atoms with Crippen LogP contribution < -0.4 is 9.47 Å². The second kappa shape index (κ2) is 8.89. The molecule has 1 fully saturated rings. The van der Waals surface area contributed by atoms with Crippen LogP contribution in [-0.4, -0.2) is 52.1 Å². The van der Waals surface area contributed by atoms with E-state index in [2.05, 4.69) is 20.9 Å². The Morgan fingerprint density at radius 3 is 2.96 bits per heavy atom. The topological polar surface area (TPSA) is 84.2 Å². The lowest BCUT2D eigenvalue weighted by Gasteiger charge is -2.09. The molecule has 0 N–H and O–H groups in total. The Hall–Kier alpha value is -2.17. The zero-order valence-electron chi connectivity index (χ0n) is 15.7. The summed E-state index contributed by atoms with van der Waals surface area (Å²) >= 11 is 3.19. The summed E-state index contributed by atoms with van der Waals surface area (Å²) in [4.78, 5) is 4.74. The van der Waals surface area contributed by atoms with Crippen molar-refractivity contribution in [2.45, 2.75) is 36.4 Å². The summed E-state index contributed by atoms with van der Waals surface area (Å²) < 4.78 is 18.2. The Kier molecular flexibility index (Phi) is 6.08. The van der Waals surface area contributed by atoms with E-state index >= 15 is 0 Å². The van der Waals surface area contributed by atoms with Gasteiger partial charge in [0.15, 0.2) is 11.5 Å². The van der Waals surface area contributed by atoms with Crippen molar-refractivity contribution < 1.29 is 14.2 Å². The standard InChI is InChI=1S/C18H21N5O3S2/c1-24-15-6-5-12(8-16(15)25-2)17-19-13(10-27-17)11-28-18-20-21-22-23(18)9-14-4-3-7-26-14/h5-6,8,10,14H,3-4,7,9,11H2,1-2H3/t14-/m1/s1. The minimum Gasteiger partial charge on any atom is -0.493 e. The number of methoxy groups -OCH3 is 2. The maximum absolute atomic E-state index is 5.68. The summed E-state index contributed by atoms with van der Waals surface area (Å²) in [7, 11) is 3.26.